The molecule has 1 aromatic carbocycles. The minimum absolute atomic E-state index is 0.223. The number of hydrogen-bond acceptors (Lipinski definition) is 5. The third kappa shape index (κ3) is 3.64. The molecule has 0 fully saturated rings. The summed E-state index contributed by atoms with van der Waals surface area (Å²) in [7, 11) is 3.04. The molecule has 27 heavy (non-hydrogen) atoms. The SMILES string of the molecule is CNC(=O)Nc1cc(Oc2ccc3c(ccn3C(=O)NC)c2)c(C#N)cn1. The maximum Gasteiger partial charge on any atom is 0.325 e. The smallest absolute Gasteiger partial charge is 0.325 e. The number of nitrogens with one attached hydrogen (secondary N) is 3. The van der Waals surface area contributed by atoms with Crippen molar-refractivity contribution in [3.05, 3.63) is 48.3 Å². The zero-order valence-corrected chi connectivity index (χ0v) is 14.6. The fourth-order valence-corrected chi connectivity index (χ4v) is 2.46. The maximum atomic E-state index is 11.8. The molecule has 3 rings (SSSR count). The number of aromatic nitrogens is 2. The lowest BCUT2D eigenvalue weighted by Crippen LogP contribution is -2.24. The van der Waals surface area contributed by atoms with Crippen LogP contribution in [-0.2, 0) is 0 Å². The van der Waals surface area contributed by atoms with E-state index in [4.69, 9.17) is 4.74 Å². The van der Waals surface area contributed by atoms with E-state index in [1.54, 1.807) is 37.5 Å². The fraction of sp³-hybridized carbons (Fsp3) is 0.111. The van der Waals surface area contributed by atoms with Crippen molar-refractivity contribution in [1.29, 1.82) is 5.26 Å². The highest BCUT2D eigenvalue weighted by Gasteiger charge is 2.12. The summed E-state index contributed by atoms with van der Waals surface area (Å²) < 4.78 is 7.30. The molecular weight excluding hydrogens is 348 g/mol. The highest BCUT2D eigenvalue weighted by atomic mass is 16.5. The van der Waals surface area contributed by atoms with Crippen molar-refractivity contribution in [3.63, 3.8) is 0 Å². The van der Waals surface area contributed by atoms with Gasteiger partial charge in [-0.25, -0.2) is 14.6 Å². The number of pyridine rings is 1. The van der Waals surface area contributed by atoms with Gasteiger partial charge in [0.25, 0.3) is 0 Å². The van der Waals surface area contributed by atoms with Gasteiger partial charge in [-0.1, -0.05) is 0 Å². The van der Waals surface area contributed by atoms with Crippen molar-refractivity contribution in [2.24, 2.45) is 0 Å². The molecule has 0 unspecified atom stereocenters. The van der Waals surface area contributed by atoms with E-state index in [1.165, 1.54) is 23.9 Å². The van der Waals surface area contributed by atoms with E-state index < -0.39 is 6.03 Å². The summed E-state index contributed by atoms with van der Waals surface area (Å²) in [6.07, 6.45) is 2.98. The molecule has 0 aliphatic heterocycles. The van der Waals surface area contributed by atoms with Crippen molar-refractivity contribution < 1.29 is 14.3 Å². The Hall–Kier alpha value is -4.06. The molecule has 0 atom stereocenters. The average molecular weight is 364 g/mol. The minimum Gasteiger partial charge on any atom is -0.456 e. The molecule has 0 aliphatic rings. The second-order valence-corrected chi connectivity index (χ2v) is 5.45. The van der Waals surface area contributed by atoms with Crippen LogP contribution in [0, 0.1) is 11.3 Å². The van der Waals surface area contributed by atoms with Crippen molar-refractivity contribution in [2.75, 3.05) is 19.4 Å². The molecule has 9 nitrogen and oxygen atoms in total. The summed E-state index contributed by atoms with van der Waals surface area (Å²) in [4.78, 5) is 27.3. The molecule has 0 saturated carbocycles. The molecule has 0 aliphatic carbocycles. The zero-order chi connectivity index (χ0) is 19.4. The summed E-state index contributed by atoms with van der Waals surface area (Å²) >= 11 is 0. The van der Waals surface area contributed by atoms with Gasteiger partial charge >= 0.3 is 12.1 Å². The average Bonchev–Trinajstić information content (AvgIpc) is 3.10. The number of nitriles is 1. The van der Waals surface area contributed by atoms with E-state index in [1.807, 2.05) is 6.07 Å². The van der Waals surface area contributed by atoms with Crippen LogP contribution in [0.25, 0.3) is 10.9 Å². The Balaban J connectivity index is 1.92. The predicted molar refractivity (Wildman–Crippen MR) is 98.9 cm³/mol. The van der Waals surface area contributed by atoms with Gasteiger partial charge < -0.3 is 15.4 Å². The zero-order valence-electron chi connectivity index (χ0n) is 14.6. The molecular formula is C18H16N6O3. The van der Waals surface area contributed by atoms with E-state index in [0.717, 1.165) is 10.9 Å². The van der Waals surface area contributed by atoms with Gasteiger partial charge in [-0.05, 0) is 24.3 Å². The number of urea groups is 1. The first-order valence-electron chi connectivity index (χ1n) is 7.95. The molecule has 0 spiro atoms. The van der Waals surface area contributed by atoms with Gasteiger partial charge in [0.05, 0.1) is 11.7 Å². The standard InChI is InChI=1S/C18H16N6O3/c1-20-17(25)23-16-8-15(12(9-19)10-22-16)27-13-3-4-14-11(7-13)5-6-24(14)18(26)21-2/h3-8,10H,1-2H3,(H,21,26)(H2,20,22,23,25). The van der Waals surface area contributed by atoms with Gasteiger partial charge in [-0.15, -0.1) is 0 Å². The first-order chi connectivity index (χ1) is 13.0. The molecule has 3 amide bonds. The molecule has 0 saturated heterocycles. The normalized spacial score (nSPS) is 10.1. The lowest BCUT2D eigenvalue weighted by Gasteiger charge is -2.10. The molecule has 0 radical (unpaired) electrons. The Kier molecular flexibility index (Phi) is 4.90. The number of anilines is 1. The van der Waals surface area contributed by atoms with Crippen LogP contribution in [0.15, 0.2) is 42.7 Å². The molecule has 2 aromatic heterocycles. The number of benzene rings is 1. The number of fused-ring (bicyclic) bond motifs is 1. The number of amides is 3. The van der Waals surface area contributed by atoms with E-state index in [2.05, 4.69) is 20.9 Å². The van der Waals surface area contributed by atoms with Crippen LogP contribution in [0.5, 0.6) is 11.5 Å². The lowest BCUT2D eigenvalue weighted by atomic mass is 10.2. The van der Waals surface area contributed by atoms with Gasteiger partial charge in [0, 0.05) is 31.7 Å². The fourth-order valence-electron chi connectivity index (χ4n) is 2.46. The van der Waals surface area contributed by atoms with Crippen LogP contribution in [-0.4, -0.2) is 35.7 Å². The van der Waals surface area contributed by atoms with E-state index in [9.17, 15) is 14.9 Å². The predicted octanol–water partition coefficient (Wildman–Crippen LogP) is 2.64. The van der Waals surface area contributed by atoms with Crippen molar-refractivity contribution in [2.45, 2.75) is 0 Å². The quantitative estimate of drug-likeness (QED) is 0.660. The summed E-state index contributed by atoms with van der Waals surface area (Å²) in [6, 6.07) is 9.76. The second-order valence-electron chi connectivity index (χ2n) is 5.45. The van der Waals surface area contributed by atoms with Crippen LogP contribution in [0.3, 0.4) is 0 Å². The number of hydrogen-bond donors (Lipinski definition) is 3. The summed E-state index contributed by atoms with van der Waals surface area (Å²) in [6.45, 7) is 0. The molecule has 9 heteroatoms. The van der Waals surface area contributed by atoms with Gasteiger partial charge in [0.1, 0.15) is 28.9 Å². The van der Waals surface area contributed by atoms with Crippen LogP contribution >= 0.6 is 0 Å². The van der Waals surface area contributed by atoms with Crippen molar-refractivity contribution in [3.8, 4) is 17.6 Å². The highest BCUT2D eigenvalue weighted by molar-refractivity contribution is 5.92. The molecule has 2 heterocycles. The highest BCUT2D eigenvalue weighted by Crippen LogP contribution is 2.29. The van der Waals surface area contributed by atoms with Crippen molar-refractivity contribution in [1.82, 2.24) is 20.2 Å². The Bertz CT molecular complexity index is 1070. The summed E-state index contributed by atoms with van der Waals surface area (Å²) in [5.74, 6) is 0.977. The number of nitrogens with zero attached hydrogens (tertiary/aromatic N) is 3. The Morgan fingerprint density at radius 3 is 2.70 bits per heavy atom. The molecule has 3 aromatic rings. The molecule has 136 valence electrons. The first kappa shape index (κ1) is 17.8. The number of carbonyl (C=O) groups is 2. The minimum atomic E-state index is -0.435. The Morgan fingerprint density at radius 1 is 1.19 bits per heavy atom. The lowest BCUT2D eigenvalue weighted by molar-refractivity contribution is 0.245. The number of ether oxygens (including phenoxy) is 1. The van der Waals surface area contributed by atoms with Crippen LogP contribution < -0.4 is 20.7 Å². The largest absolute Gasteiger partial charge is 0.456 e. The molecule has 0 bridgehead atoms. The summed E-state index contributed by atoms with van der Waals surface area (Å²) in [5.41, 5.74) is 0.944. The van der Waals surface area contributed by atoms with Gasteiger partial charge in [0.2, 0.25) is 0 Å². The number of rotatable bonds is 3. The van der Waals surface area contributed by atoms with Crippen LogP contribution in [0.1, 0.15) is 5.56 Å². The van der Waals surface area contributed by atoms with E-state index in [0.29, 0.717) is 5.75 Å². The number of carbonyl (C=O) groups excluding carboxylic acids is 2. The Labute approximate surface area is 154 Å². The third-order valence-corrected chi connectivity index (χ3v) is 3.78. The van der Waals surface area contributed by atoms with Crippen LogP contribution in [0.2, 0.25) is 0 Å². The van der Waals surface area contributed by atoms with Crippen LogP contribution in [0.4, 0.5) is 15.4 Å². The second kappa shape index (κ2) is 7.45. The maximum absolute atomic E-state index is 11.8. The van der Waals surface area contributed by atoms with E-state index >= 15 is 0 Å². The van der Waals surface area contributed by atoms with Gasteiger partial charge in [-0.3, -0.25) is 9.88 Å². The molecule has 3 N–H and O–H groups in total. The van der Waals surface area contributed by atoms with Crippen molar-refractivity contribution >= 4 is 28.8 Å². The van der Waals surface area contributed by atoms with E-state index in [-0.39, 0.29) is 23.2 Å². The van der Waals surface area contributed by atoms with Gasteiger partial charge in [0.15, 0.2) is 0 Å². The topological polar surface area (TPSA) is 121 Å². The first-order valence-corrected chi connectivity index (χ1v) is 7.95. The third-order valence-electron chi connectivity index (χ3n) is 3.78. The summed E-state index contributed by atoms with van der Waals surface area (Å²) in [5, 5.41) is 17.6. The Morgan fingerprint density at radius 2 is 2.00 bits per heavy atom. The van der Waals surface area contributed by atoms with Gasteiger partial charge in [-0.2, -0.15) is 5.26 Å². The monoisotopic (exact) mass is 364 g/mol.